The zero-order valence-corrected chi connectivity index (χ0v) is 17.0. The van der Waals surface area contributed by atoms with E-state index in [9.17, 15) is 9.59 Å². The van der Waals surface area contributed by atoms with Crippen molar-refractivity contribution in [1.82, 2.24) is 0 Å². The van der Waals surface area contributed by atoms with Gasteiger partial charge >= 0.3 is 11.9 Å². The van der Waals surface area contributed by atoms with Gasteiger partial charge in [0.1, 0.15) is 5.75 Å². The van der Waals surface area contributed by atoms with Crippen LogP contribution in [0.15, 0.2) is 18.2 Å². The van der Waals surface area contributed by atoms with E-state index in [1.54, 1.807) is 6.07 Å². The fourth-order valence-electron chi connectivity index (χ4n) is 2.95. The van der Waals surface area contributed by atoms with E-state index >= 15 is 0 Å². The first-order valence-corrected chi connectivity index (χ1v) is 9.88. The maximum atomic E-state index is 12.9. The third-order valence-electron chi connectivity index (χ3n) is 5.23. The van der Waals surface area contributed by atoms with Crippen LogP contribution in [-0.2, 0) is 14.3 Å². The van der Waals surface area contributed by atoms with Crippen LogP contribution in [0.4, 0.5) is 0 Å². The maximum Gasteiger partial charge on any atom is 0.328 e. The molecule has 0 aliphatic rings. The van der Waals surface area contributed by atoms with Gasteiger partial charge in [0.2, 0.25) is 0 Å². The number of hydrogen-bond donors (Lipinski definition) is 0. The summed E-state index contributed by atoms with van der Waals surface area (Å²) in [6.07, 6.45) is 6.13. The highest BCUT2D eigenvalue weighted by molar-refractivity contribution is 6.00. The minimum atomic E-state index is -1.24. The summed E-state index contributed by atoms with van der Waals surface area (Å²) >= 11 is 0. The molecule has 0 N–H and O–H groups in total. The van der Waals surface area contributed by atoms with Crippen LogP contribution < -0.4 is 4.74 Å². The molecule has 0 saturated heterocycles. The molecule has 0 bridgehead atoms. The Bertz CT molecular complexity index is 588. The molecule has 0 amide bonds. The van der Waals surface area contributed by atoms with Gasteiger partial charge in [0.15, 0.2) is 5.41 Å². The molecule has 0 radical (unpaired) electrons. The minimum absolute atomic E-state index is 0.362. The smallest absolute Gasteiger partial charge is 0.328 e. The van der Waals surface area contributed by atoms with Crippen molar-refractivity contribution in [1.29, 1.82) is 0 Å². The maximum absolute atomic E-state index is 12.9. The van der Waals surface area contributed by atoms with Crippen molar-refractivity contribution < 1.29 is 19.1 Å². The summed E-state index contributed by atoms with van der Waals surface area (Å²) in [5.74, 6) is -0.478. The Hall–Kier alpha value is -1.84. The molecule has 4 nitrogen and oxygen atoms in total. The highest BCUT2D eigenvalue weighted by Crippen LogP contribution is 2.32. The first kappa shape index (κ1) is 22.2. The lowest BCUT2D eigenvalue weighted by Crippen LogP contribution is -2.42. The van der Waals surface area contributed by atoms with Gasteiger partial charge in [0.25, 0.3) is 0 Å². The minimum Gasteiger partial charge on any atom is -0.465 e. The Morgan fingerprint density at radius 1 is 0.923 bits per heavy atom. The summed E-state index contributed by atoms with van der Waals surface area (Å²) in [5.41, 5.74) is 0.717. The fraction of sp³-hybridized carbons (Fsp3) is 0.636. The zero-order chi connectivity index (χ0) is 19.6. The van der Waals surface area contributed by atoms with Crippen LogP contribution in [0.5, 0.6) is 5.75 Å². The molecule has 0 aliphatic heterocycles. The molecule has 0 atom stereocenters. The SMILES string of the molecule is CCCCCCCOC(=O)C(CC)(CC)C(=O)Oc1cccc(C)c1C. The fourth-order valence-corrected chi connectivity index (χ4v) is 2.95. The molecule has 0 aliphatic carbocycles. The number of aryl methyl sites for hydroxylation is 1. The van der Waals surface area contributed by atoms with Gasteiger partial charge in [-0.1, -0.05) is 58.6 Å². The predicted octanol–water partition coefficient (Wildman–Crippen LogP) is 5.53. The number of unbranched alkanes of at least 4 members (excludes halogenated alkanes) is 4. The number of rotatable bonds is 11. The number of carbonyl (C=O) groups excluding carboxylic acids is 2. The molecule has 26 heavy (non-hydrogen) atoms. The van der Waals surface area contributed by atoms with E-state index in [0.717, 1.165) is 30.4 Å². The number of carbonyl (C=O) groups is 2. The molecule has 0 fully saturated rings. The largest absolute Gasteiger partial charge is 0.465 e. The number of ether oxygens (including phenoxy) is 2. The van der Waals surface area contributed by atoms with Gasteiger partial charge in [-0.15, -0.1) is 0 Å². The van der Waals surface area contributed by atoms with Gasteiger partial charge in [-0.05, 0) is 50.3 Å². The Balaban J connectivity index is 2.75. The second-order valence-electron chi connectivity index (χ2n) is 6.93. The van der Waals surface area contributed by atoms with Crippen LogP contribution in [0.2, 0.25) is 0 Å². The number of esters is 2. The first-order valence-electron chi connectivity index (χ1n) is 9.88. The third-order valence-corrected chi connectivity index (χ3v) is 5.23. The number of hydrogen-bond acceptors (Lipinski definition) is 4. The summed E-state index contributed by atoms with van der Waals surface area (Å²) in [6.45, 7) is 10.1. The van der Waals surface area contributed by atoms with Gasteiger partial charge in [-0.2, -0.15) is 0 Å². The van der Waals surface area contributed by atoms with Gasteiger partial charge < -0.3 is 9.47 Å². The van der Waals surface area contributed by atoms with Crippen molar-refractivity contribution in [2.24, 2.45) is 5.41 Å². The quantitative estimate of drug-likeness (QED) is 0.225. The van der Waals surface area contributed by atoms with Gasteiger partial charge in [-0.25, -0.2) is 0 Å². The van der Waals surface area contributed by atoms with Crippen molar-refractivity contribution in [2.75, 3.05) is 6.61 Å². The van der Waals surface area contributed by atoms with E-state index in [0.29, 0.717) is 25.2 Å². The molecule has 1 rings (SSSR count). The van der Waals surface area contributed by atoms with Crippen molar-refractivity contribution in [3.63, 3.8) is 0 Å². The lowest BCUT2D eigenvalue weighted by Gasteiger charge is -2.27. The van der Waals surface area contributed by atoms with Crippen LogP contribution in [-0.4, -0.2) is 18.5 Å². The summed E-state index contributed by atoms with van der Waals surface area (Å²) in [7, 11) is 0. The van der Waals surface area contributed by atoms with Crippen molar-refractivity contribution in [3.8, 4) is 5.75 Å². The molecule has 4 heteroatoms. The Morgan fingerprint density at radius 3 is 2.19 bits per heavy atom. The molecule has 0 heterocycles. The van der Waals surface area contributed by atoms with Crippen molar-refractivity contribution >= 4 is 11.9 Å². The lowest BCUT2D eigenvalue weighted by molar-refractivity contribution is -0.168. The highest BCUT2D eigenvalue weighted by atomic mass is 16.6. The van der Waals surface area contributed by atoms with E-state index < -0.39 is 17.4 Å². The molecule has 1 aromatic carbocycles. The molecule has 0 aromatic heterocycles. The van der Waals surface area contributed by atoms with Crippen LogP contribution in [0.1, 0.15) is 76.8 Å². The third kappa shape index (κ3) is 5.58. The van der Waals surface area contributed by atoms with Gasteiger partial charge in [0.05, 0.1) is 6.61 Å². The molecular formula is C22H34O4. The summed E-state index contributed by atoms with van der Waals surface area (Å²) in [4.78, 5) is 25.5. The molecule has 0 unspecified atom stereocenters. The molecular weight excluding hydrogens is 328 g/mol. The van der Waals surface area contributed by atoms with E-state index in [1.807, 2.05) is 39.8 Å². The molecule has 1 aromatic rings. The monoisotopic (exact) mass is 362 g/mol. The molecule has 0 saturated carbocycles. The standard InChI is InChI=1S/C22H34O4/c1-6-9-10-11-12-16-25-20(23)22(7-2,8-3)21(24)26-19-15-13-14-17(4)18(19)5/h13-15H,6-12,16H2,1-5H3. The average molecular weight is 363 g/mol. The van der Waals surface area contributed by atoms with Crippen LogP contribution >= 0.6 is 0 Å². The topological polar surface area (TPSA) is 52.6 Å². The van der Waals surface area contributed by atoms with Crippen LogP contribution in [0.25, 0.3) is 0 Å². The average Bonchev–Trinajstić information content (AvgIpc) is 2.63. The summed E-state index contributed by atoms with van der Waals surface area (Å²) in [5, 5.41) is 0. The Labute approximate surface area is 158 Å². The Kier molecular flexibility index (Phi) is 9.39. The van der Waals surface area contributed by atoms with E-state index in [4.69, 9.17) is 9.47 Å². The lowest BCUT2D eigenvalue weighted by atomic mass is 9.82. The van der Waals surface area contributed by atoms with E-state index in [2.05, 4.69) is 6.92 Å². The van der Waals surface area contributed by atoms with Crippen LogP contribution in [0.3, 0.4) is 0 Å². The summed E-state index contributed by atoms with van der Waals surface area (Å²) < 4.78 is 11.1. The van der Waals surface area contributed by atoms with Crippen molar-refractivity contribution in [2.45, 2.75) is 79.6 Å². The van der Waals surface area contributed by atoms with Gasteiger partial charge in [-0.3, -0.25) is 9.59 Å². The first-order chi connectivity index (χ1) is 12.4. The van der Waals surface area contributed by atoms with E-state index in [1.165, 1.54) is 12.8 Å². The molecule has 0 spiro atoms. The Morgan fingerprint density at radius 2 is 1.58 bits per heavy atom. The zero-order valence-electron chi connectivity index (χ0n) is 17.0. The van der Waals surface area contributed by atoms with E-state index in [-0.39, 0.29) is 0 Å². The molecule has 146 valence electrons. The summed E-state index contributed by atoms with van der Waals surface area (Å²) in [6, 6.07) is 5.57. The second kappa shape index (κ2) is 11.0. The van der Waals surface area contributed by atoms with Crippen molar-refractivity contribution in [3.05, 3.63) is 29.3 Å². The normalized spacial score (nSPS) is 11.3. The van der Waals surface area contributed by atoms with Gasteiger partial charge in [0, 0.05) is 0 Å². The van der Waals surface area contributed by atoms with Crippen LogP contribution in [0, 0.1) is 19.3 Å². The highest BCUT2D eigenvalue weighted by Gasteiger charge is 2.46. The predicted molar refractivity (Wildman–Crippen MR) is 104 cm³/mol. The number of benzene rings is 1. The second-order valence-corrected chi connectivity index (χ2v) is 6.93.